The lowest BCUT2D eigenvalue weighted by molar-refractivity contribution is 0.530. The molecule has 2 rings (SSSR count). The SMILES string of the molecule is Cc1nnc(NCc2ccn(C)c2)o1. The Morgan fingerprint density at radius 1 is 1.50 bits per heavy atom. The second kappa shape index (κ2) is 3.53. The summed E-state index contributed by atoms with van der Waals surface area (Å²) in [6.07, 6.45) is 4.03. The predicted molar refractivity (Wildman–Crippen MR) is 51.8 cm³/mol. The molecule has 5 nitrogen and oxygen atoms in total. The lowest BCUT2D eigenvalue weighted by atomic mass is 10.3. The van der Waals surface area contributed by atoms with Crippen molar-refractivity contribution in [3.63, 3.8) is 0 Å². The van der Waals surface area contributed by atoms with Crippen LogP contribution in [-0.2, 0) is 13.6 Å². The zero-order valence-corrected chi connectivity index (χ0v) is 8.19. The third-order valence-electron chi connectivity index (χ3n) is 1.86. The lowest BCUT2D eigenvalue weighted by Gasteiger charge is -1.97. The minimum atomic E-state index is 0.464. The molecule has 0 atom stereocenters. The average molecular weight is 192 g/mol. The monoisotopic (exact) mass is 192 g/mol. The van der Waals surface area contributed by atoms with Crippen molar-refractivity contribution in [1.29, 1.82) is 0 Å². The minimum Gasteiger partial charge on any atom is -0.408 e. The van der Waals surface area contributed by atoms with Crippen molar-refractivity contribution in [3.8, 4) is 0 Å². The number of aryl methyl sites for hydroxylation is 2. The van der Waals surface area contributed by atoms with Crippen LogP contribution in [0, 0.1) is 6.92 Å². The maximum Gasteiger partial charge on any atom is 0.315 e. The number of nitrogens with zero attached hydrogens (tertiary/aromatic N) is 3. The van der Waals surface area contributed by atoms with E-state index in [9.17, 15) is 0 Å². The lowest BCUT2D eigenvalue weighted by Crippen LogP contribution is -1.98. The van der Waals surface area contributed by atoms with Crippen LogP contribution < -0.4 is 5.32 Å². The van der Waals surface area contributed by atoms with E-state index in [1.165, 1.54) is 5.56 Å². The summed E-state index contributed by atoms with van der Waals surface area (Å²) in [7, 11) is 1.99. The van der Waals surface area contributed by atoms with Gasteiger partial charge in [0.2, 0.25) is 5.89 Å². The highest BCUT2D eigenvalue weighted by Gasteiger charge is 2.01. The third kappa shape index (κ3) is 1.93. The second-order valence-electron chi connectivity index (χ2n) is 3.17. The molecule has 5 heteroatoms. The maximum absolute atomic E-state index is 5.17. The van der Waals surface area contributed by atoms with Crippen molar-refractivity contribution >= 4 is 6.01 Å². The van der Waals surface area contributed by atoms with Crippen LogP contribution in [0.3, 0.4) is 0 Å². The fourth-order valence-electron chi connectivity index (χ4n) is 1.21. The maximum atomic E-state index is 5.17. The van der Waals surface area contributed by atoms with Crippen LogP contribution in [0.4, 0.5) is 6.01 Å². The van der Waals surface area contributed by atoms with Gasteiger partial charge in [0.1, 0.15) is 0 Å². The molecule has 0 aliphatic carbocycles. The number of nitrogens with one attached hydrogen (secondary N) is 1. The van der Waals surface area contributed by atoms with Gasteiger partial charge in [-0.2, -0.15) is 0 Å². The van der Waals surface area contributed by atoms with Gasteiger partial charge in [-0.25, -0.2) is 0 Å². The van der Waals surface area contributed by atoms with Gasteiger partial charge in [-0.05, 0) is 11.6 Å². The largest absolute Gasteiger partial charge is 0.408 e. The Labute approximate surface area is 81.8 Å². The van der Waals surface area contributed by atoms with E-state index in [1.807, 2.05) is 30.1 Å². The molecular weight excluding hydrogens is 180 g/mol. The standard InChI is InChI=1S/C9H12N4O/c1-7-11-12-9(14-7)10-5-8-3-4-13(2)6-8/h3-4,6H,5H2,1-2H3,(H,10,12). The first-order valence-electron chi connectivity index (χ1n) is 4.39. The number of hydrogen-bond donors (Lipinski definition) is 1. The molecule has 0 aromatic carbocycles. The van der Waals surface area contributed by atoms with Crippen LogP contribution in [0.1, 0.15) is 11.5 Å². The normalized spacial score (nSPS) is 10.4. The average Bonchev–Trinajstić information content (AvgIpc) is 2.72. The van der Waals surface area contributed by atoms with E-state index < -0.39 is 0 Å². The van der Waals surface area contributed by atoms with Crippen molar-refractivity contribution in [1.82, 2.24) is 14.8 Å². The number of hydrogen-bond acceptors (Lipinski definition) is 4. The predicted octanol–water partition coefficient (Wildman–Crippen LogP) is 1.33. The Bertz CT molecular complexity index is 378. The van der Waals surface area contributed by atoms with Crippen LogP contribution >= 0.6 is 0 Å². The van der Waals surface area contributed by atoms with Crippen LogP contribution in [-0.4, -0.2) is 14.8 Å². The molecule has 0 saturated heterocycles. The summed E-state index contributed by atoms with van der Waals surface area (Å²) in [5.74, 6) is 0.570. The smallest absolute Gasteiger partial charge is 0.315 e. The highest BCUT2D eigenvalue weighted by atomic mass is 16.4. The first-order chi connectivity index (χ1) is 6.74. The van der Waals surface area contributed by atoms with Gasteiger partial charge in [-0.3, -0.25) is 0 Å². The molecule has 0 radical (unpaired) electrons. The summed E-state index contributed by atoms with van der Waals surface area (Å²) in [4.78, 5) is 0. The van der Waals surface area contributed by atoms with Crippen LogP contribution in [0.25, 0.3) is 0 Å². The minimum absolute atomic E-state index is 0.464. The summed E-state index contributed by atoms with van der Waals surface area (Å²) in [5, 5.41) is 10.6. The summed E-state index contributed by atoms with van der Waals surface area (Å²) in [5.41, 5.74) is 1.18. The van der Waals surface area contributed by atoms with Crippen molar-refractivity contribution in [2.24, 2.45) is 7.05 Å². The van der Waals surface area contributed by atoms with Gasteiger partial charge in [0.15, 0.2) is 0 Å². The Hall–Kier alpha value is -1.78. The molecule has 2 aromatic rings. The summed E-state index contributed by atoms with van der Waals surface area (Å²) < 4.78 is 7.17. The Morgan fingerprint density at radius 2 is 2.36 bits per heavy atom. The van der Waals surface area contributed by atoms with Crippen molar-refractivity contribution in [2.75, 3.05) is 5.32 Å². The molecule has 2 aromatic heterocycles. The molecule has 0 fully saturated rings. The fraction of sp³-hybridized carbons (Fsp3) is 0.333. The molecule has 0 aliphatic rings. The van der Waals surface area contributed by atoms with E-state index in [4.69, 9.17) is 4.42 Å². The zero-order chi connectivity index (χ0) is 9.97. The molecule has 0 aliphatic heterocycles. The van der Waals surface area contributed by atoms with Crippen molar-refractivity contribution < 1.29 is 4.42 Å². The van der Waals surface area contributed by atoms with Gasteiger partial charge in [0.05, 0.1) is 0 Å². The van der Waals surface area contributed by atoms with E-state index in [0.29, 0.717) is 18.5 Å². The van der Waals surface area contributed by atoms with Gasteiger partial charge in [0.25, 0.3) is 0 Å². The van der Waals surface area contributed by atoms with Crippen LogP contribution in [0.15, 0.2) is 22.9 Å². The first-order valence-corrected chi connectivity index (χ1v) is 4.39. The Balaban J connectivity index is 1.94. The molecule has 0 amide bonds. The molecule has 0 saturated carbocycles. The highest BCUT2D eigenvalue weighted by Crippen LogP contribution is 2.07. The highest BCUT2D eigenvalue weighted by molar-refractivity contribution is 5.21. The number of anilines is 1. The molecule has 0 bridgehead atoms. The van der Waals surface area contributed by atoms with E-state index in [0.717, 1.165) is 0 Å². The number of aromatic nitrogens is 3. The molecule has 1 N–H and O–H groups in total. The fourth-order valence-corrected chi connectivity index (χ4v) is 1.21. The van der Waals surface area contributed by atoms with E-state index in [2.05, 4.69) is 15.5 Å². The van der Waals surface area contributed by atoms with Gasteiger partial charge in [-0.1, -0.05) is 5.10 Å². The Kier molecular flexibility index (Phi) is 2.22. The summed E-state index contributed by atoms with van der Waals surface area (Å²) in [6.45, 7) is 2.46. The molecule has 0 unspecified atom stereocenters. The third-order valence-corrected chi connectivity index (χ3v) is 1.86. The molecule has 74 valence electrons. The van der Waals surface area contributed by atoms with E-state index in [-0.39, 0.29) is 0 Å². The Morgan fingerprint density at radius 3 is 2.93 bits per heavy atom. The molecule has 0 spiro atoms. The van der Waals surface area contributed by atoms with E-state index in [1.54, 1.807) is 6.92 Å². The molecule has 14 heavy (non-hydrogen) atoms. The topological polar surface area (TPSA) is 55.9 Å². The van der Waals surface area contributed by atoms with E-state index >= 15 is 0 Å². The van der Waals surface area contributed by atoms with Gasteiger partial charge in [0, 0.05) is 32.9 Å². The van der Waals surface area contributed by atoms with Crippen molar-refractivity contribution in [2.45, 2.75) is 13.5 Å². The molecule has 2 heterocycles. The van der Waals surface area contributed by atoms with Crippen LogP contribution in [0.5, 0.6) is 0 Å². The summed E-state index contributed by atoms with van der Waals surface area (Å²) >= 11 is 0. The zero-order valence-electron chi connectivity index (χ0n) is 8.19. The number of rotatable bonds is 3. The van der Waals surface area contributed by atoms with Crippen molar-refractivity contribution in [3.05, 3.63) is 29.9 Å². The van der Waals surface area contributed by atoms with Gasteiger partial charge >= 0.3 is 6.01 Å². The quantitative estimate of drug-likeness (QED) is 0.797. The molecular formula is C9H12N4O. The van der Waals surface area contributed by atoms with Crippen LogP contribution in [0.2, 0.25) is 0 Å². The van der Waals surface area contributed by atoms with Gasteiger partial charge < -0.3 is 14.3 Å². The summed E-state index contributed by atoms with van der Waals surface area (Å²) in [6, 6.07) is 2.50. The first kappa shape index (κ1) is 8.80. The second-order valence-corrected chi connectivity index (χ2v) is 3.17. The van der Waals surface area contributed by atoms with Gasteiger partial charge in [-0.15, -0.1) is 5.10 Å².